The van der Waals surface area contributed by atoms with Crippen molar-refractivity contribution in [2.45, 2.75) is 18.9 Å². The van der Waals surface area contributed by atoms with Crippen molar-refractivity contribution in [3.63, 3.8) is 0 Å². The molecule has 0 amide bonds. The van der Waals surface area contributed by atoms with E-state index >= 15 is 0 Å². The molecular weight excluding hydrogens is 277 g/mol. The lowest BCUT2D eigenvalue weighted by Gasteiger charge is -2.03. The Kier molecular flexibility index (Phi) is 2.73. The zero-order valence-electron chi connectivity index (χ0n) is 9.58. The van der Waals surface area contributed by atoms with Crippen LogP contribution in [0.5, 0.6) is 0 Å². The SMILES string of the molecule is O=c1sc2nc(B(O)O)ccc2n1CC1CC1(F)F. The fourth-order valence-electron chi connectivity index (χ4n) is 1.97. The predicted octanol–water partition coefficient (Wildman–Crippen LogP) is -0.207. The van der Waals surface area contributed by atoms with Crippen molar-refractivity contribution in [2.24, 2.45) is 5.92 Å². The molecule has 0 radical (unpaired) electrons. The van der Waals surface area contributed by atoms with Gasteiger partial charge >= 0.3 is 12.0 Å². The molecular formula is C10H9BF2N2O3S. The molecule has 2 heterocycles. The number of nitrogens with zero attached hydrogens (tertiary/aromatic N) is 2. The molecule has 0 aromatic carbocycles. The van der Waals surface area contributed by atoms with Gasteiger partial charge in [-0.3, -0.25) is 9.36 Å². The van der Waals surface area contributed by atoms with Crippen molar-refractivity contribution in [3.05, 3.63) is 21.8 Å². The number of pyridine rings is 1. The van der Waals surface area contributed by atoms with Crippen LogP contribution in [0.2, 0.25) is 0 Å². The molecule has 1 saturated carbocycles. The number of hydrogen-bond acceptors (Lipinski definition) is 5. The summed E-state index contributed by atoms with van der Waals surface area (Å²) in [5, 5.41) is 18.0. The minimum absolute atomic E-state index is 0.0256. The van der Waals surface area contributed by atoms with Gasteiger partial charge in [0.15, 0.2) is 0 Å². The molecule has 2 aromatic heterocycles. The molecule has 3 rings (SSSR count). The number of thiazole rings is 1. The number of hydrogen-bond donors (Lipinski definition) is 2. The molecule has 2 aromatic rings. The Balaban J connectivity index is 2.01. The van der Waals surface area contributed by atoms with Gasteiger partial charge in [0.25, 0.3) is 5.92 Å². The van der Waals surface area contributed by atoms with E-state index in [1.807, 2.05) is 0 Å². The monoisotopic (exact) mass is 286 g/mol. The lowest BCUT2D eigenvalue weighted by molar-refractivity contribution is 0.0953. The Bertz CT molecular complexity index is 700. The lowest BCUT2D eigenvalue weighted by Crippen LogP contribution is -2.32. The van der Waals surface area contributed by atoms with Crippen molar-refractivity contribution in [3.8, 4) is 0 Å². The molecule has 9 heteroatoms. The van der Waals surface area contributed by atoms with Crippen LogP contribution in [-0.2, 0) is 6.54 Å². The molecule has 1 fully saturated rings. The highest BCUT2D eigenvalue weighted by Gasteiger charge is 2.56. The number of rotatable bonds is 3. The largest absolute Gasteiger partial charge is 0.508 e. The predicted molar refractivity (Wildman–Crippen MR) is 66.8 cm³/mol. The van der Waals surface area contributed by atoms with Crippen LogP contribution in [0.1, 0.15) is 6.42 Å². The third kappa shape index (κ3) is 2.17. The highest BCUT2D eigenvalue weighted by Crippen LogP contribution is 2.49. The highest BCUT2D eigenvalue weighted by molar-refractivity contribution is 7.16. The average molecular weight is 286 g/mol. The molecule has 0 spiro atoms. The fraction of sp³-hybridized carbons (Fsp3) is 0.400. The maximum atomic E-state index is 12.9. The van der Waals surface area contributed by atoms with Crippen LogP contribution in [0.3, 0.4) is 0 Å². The summed E-state index contributed by atoms with van der Waals surface area (Å²) >= 11 is 0.809. The summed E-state index contributed by atoms with van der Waals surface area (Å²) in [6.45, 7) is -0.0332. The van der Waals surface area contributed by atoms with E-state index in [0.29, 0.717) is 10.3 Å². The Morgan fingerprint density at radius 3 is 2.79 bits per heavy atom. The van der Waals surface area contributed by atoms with Gasteiger partial charge in [-0.15, -0.1) is 0 Å². The van der Waals surface area contributed by atoms with Gasteiger partial charge in [-0.05, 0) is 12.1 Å². The summed E-state index contributed by atoms with van der Waals surface area (Å²) in [7, 11) is -1.72. The molecule has 0 saturated heterocycles. The van der Waals surface area contributed by atoms with Gasteiger partial charge in [-0.25, -0.2) is 13.8 Å². The maximum absolute atomic E-state index is 12.9. The summed E-state index contributed by atoms with van der Waals surface area (Å²) < 4.78 is 27.1. The average Bonchev–Trinajstić information content (AvgIpc) is 2.80. The van der Waals surface area contributed by atoms with Crippen LogP contribution in [0.25, 0.3) is 10.3 Å². The number of alkyl halides is 2. The molecule has 1 aliphatic carbocycles. The van der Waals surface area contributed by atoms with Crippen LogP contribution in [0.4, 0.5) is 8.78 Å². The summed E-state index contributed by atoms with van der Waals surface area (Å²) in [6, 6.07) is 2.86. The zero-order valence-corrected chi connectivity index (χ0v) is 10.4. The molecule has 100 valence electrons. The Morgan fingerprint density at radius 1 is 1.53 bits per heavy atom. The first kappa shape index (κ1) is 12.7. The minimum atomic E-state index is -2.68. The summed E-state index contributed by atoms with van der Waals surface area (Å²) in [6.07, 6.45) is -0.197. The number of halogens is 2. The van der Waals surface area contributed by atoms with Crippen molar-refractivity contribution >= 4 is 34.4 Å². The molecule has 0 bridgehead atoms. The third-order valence-electron chi connectivity index (χ3n) is 3.18. The zero-order chi connectivity index (χ0) is 13.8. The third-order valence-corrected chi connectivity index (χ3v) is 4.07. The van der Waals surface area contributed by atoms with Crippen molar-refractivity contribution < 1.29 is 18.8 Å². The molecule has 1 aliphatic rings. The van der Waals surface area contributed by atoms with Crippen LogP contribution in [0, 0.1) is 5.92 Å². The highest BCUT2D eigenvalue weighted by atomic mass is 32.1. The Hall–Kier alpha value is -1.32. The first-order valence-electron chi connectivity index (χ1n) is 5.63. The Morgan fingerprint density at radius 2 is 2.21 bits per heavy atom. The maximum Gasteiger partial charge on any atom is 0.508 e. The van der Waals surface area contributed by atoms with E-state index < -0.39 is 19.0 Å². The molecule has 5 nitrogen and oxygen atoms in total. The quantitative estimate of drug-likeness (QED) is 0.766. The molecule has 1 unspecified atom stereocenters. The van der Waals surface area contributed by atoms with Gasteiger partial charge in [0.1, 0.15) is 4.83 Å². The van der Waals surface area contributed by atoms with Gasteiger partial charge in [-0.1, -0.05) is 11.3 Å². The standard InChI is InChI=1S/C10H9BF2N2O3S/c12-10(13)3-5(10)4-15-6-1-2-7(11(17)18)14-8(6)19-9(15)16/h1-2,5,17-18H,3-4H2. The van der Waals surface area contributed by atoms with Gasteiger partial charge in [-0.2, -0.15) is 0 Å². The van der Waals surface area contributed by atoms with E-state index in [0.717, 1.165) is 11.3 Å². The normalized spacial score (nSPS) is 20.7. The van der Waals surface area contributed by atoms with Gasteiger partial charge < -0.3 is 10.0 Å². The molecule has 0 aliphatic heterocycles. The smallest absolute Gasteiger partial charge is 0.422 e. The van der Waals surface area contributed by atoms with Crippen LogP contribution < -0.4 is 10.5 Å². The minimum Gasteiger partial charge on any atom is -0.422 e. The molecule has 19 heavy (non-hydrogen) atoms. The van der Waals surface area contributed by atoms with Gasteiger partial charge in [0, 0.05) is 18.9 Å². The van der Waals surface area contributed by atoms with Crippen molar-refractivity contribution in [2.75, 3.05) is 0 Å². The van der Waals surface area contributed by atoms with Crippen LogP contribution in [-0.4, -0.2) is 32.6 Å². The molecule has 1 atom stereocenters. The van der Waals surface area contributed by atoms with E-state index in [1.165, 1.54) is 16.7 Å². The fourth-order valence-corrected chi connectivity index (χ4v) is 2.85. The van der Waals surface area contributed by atoms with E-state index in [1.54, 1.807) is 0 Å². The number of fused-ring (bicyclic) bond motifs is 1. The van der Waals surface area contributed by atoms with E-state index in [4.69, 9.17) is 10.0 Å². The summed E-state index contributed by atoms with van der Waals surface area (Å²) in [4.78, 5) is 15.6. The van der Waals surface area contributed by atoms with Crippen molar-refractivity contribution in [1.29, 1.82) is 0 Å². The van der Waals surface area contributed by atoms with Gasteiger partial charge in [0.2, 0.25) is 0 Å². The second-order valence-corrected chi connectivity index (χ2v) is 5.51. The second kappa shape index (κ2) is 4.09. The lowest BCUT2D eigenvalue weighted by atomic mass is 9.86. The van der Waals surface area contributed by atoms with Crippen molar-refractivity contribution in [1.82, 2.24) is 9.55 Å². The first-order valence-corrected chi connectivity index (χ1v) is 6.44. The topological polar surface area (TPSA) is 75.3 Å². The van der Waals surface area contributed by atoms with Crippen LogP contribution in [0.15, 0.2) is 16.9 Å². The van der Waals surface area contributed by atoms with E-state index in [2.05, 4.69) is 4.98 Å². The molecule has 2 N–H and O–H groups in total. The second-order valence-electron chi connectivity index (χ2n) is 4.57. The first-order chi connectivity index (χ1) is 8.88. The summed E-state index contributed by atoms with van der Waals surface area (Å²) in [5.74, 6) is -3.48. The van der Waals surface area contributed by atoms with E-state index in [9.17, 15) is 13.6 Å². The summed E-state index contributed by atoms with van der Waals surface area (Å²) in [5.41, 5.74) is 0.472. The van der Waals surface area contributed by atoms with E-state index in [-0.39, 0.29) is 23.4 Å². The Labute approximate surface area is 110 Å². The van der Waals surface area contributed by atoms with Gasteiger partial charge in [0.05, 0.1) is 11.1 Å². The van der Waals surface area contributed by atoms with Crippen LogP contribution >= 0.6 is 11.3 Å². The number of aromatic nitrogens is 2.